The molecule has 0 aromatic rings. The van der Waals surface area contributed by atoms with E-state index in [4.69, 9.17) is 0 Å². The fourth-order valence-electron chi connectivity index (χ4n) is 0.961. The van der Waals surface area contributed by atoms with E-state index in [2.05, 4.69) is 12.6 Å². The third kappa shape index (κ3) is 0.831. The SMILES string of the molecule is CC1C(=O)N(C)C(=O)C1S. The van der Waals surface area contributed by atoms with Gasteiger partial charge in [-0.15, -0.1) is 0 Å². The fraction of sp³-hybridized carbons (Fsp3) is 0.667. The smallest absolute Gasteiger partial charge is 0.242 e. The second-order valence-corrected chi connectivity index (χ2v) is 3.03. The number of nitrogens with zero attached hydrogens (tertiary/aromatic N) is 1. The number of carbonyl (C=O) groups excluding carboxylic acids is 2. The van der Waals surface area contributed by atoms with E-state index in [9.17, 15) is 9.59 Å². The molecule has 1 aliphatic rings. The predicted octanol–water partition coefficient (Wildman–Crippen LogP) is -0.0805. The summed E-state index contributed by atoms with van der Waals surface area (Å²) < 4.78 is 0. The summed E-state index contributed by atoms with van der Waals surface area (Å²) in [6.07, 6.45) is 0. The van der Waals surface area contributed by atoms with Crippen LogP contribution >= 0.6 is 12.6 Å². The van der Waals surface area contributed by atoms with Crippen molar-refractivity contribution in [3.8, 4) is 0 Å². The van der Waals surface area contributed by atoms with Crippen LogP contribution in [0.4, 0.5) is 0 Å². The molecule has 1 aliphatic heterocycles. The van der Waals surface area contributed by atoms with E-state index in [0.29, 0.717) is 0 Å². The normalized spacial score (nSPS) is 33.7. The van der Waals surface area contributed by atoms with Gasteiger partial charge in [0.15, 0.2) is 0 Å². The average Bonchev–Trinajstić information content (AvgIpc) is 2.07. The van der Waals surface area contributed by atoms with Gasteiger partial charge in [-0.1, -0.05) is 6.92 Å². The maximum atomic E-state index is 11.0. The van der Waals surface area contributed by atoms with Gasteiger partial charge in [0.1, 0.15) is 0 Å². The number of likely N-dealkylation sites (tertiary alicyclic amines) is 1. The number of hydrogen-bond acceptors (Lipinski definition) is 3. The monoisotopic (exact) mass is 159 g/mol. The minimum Gasteiger partial charge on any atom is -0.285 e. The van der Waals surface area contributed by atoms with Crippen molar-refractivity contribution in [3.05, 3.63) is 0 Å². The summed E-state index contributed by atoms with van der Waals surface area (Å²) in [5, 5.41) is -0.433. The van der Waals surface area contributed by atoms with Crippen LogP contribution < -0.4 is 0 Å². The van der Waals surface area contributed by atoms with Crippen molar-refractivity contribution in [3.63, 3.8) is 0 Å². The van der Waals surface area contributed by atoms with Gasteiger partial charge in [-0.2, -0.15) is 12.6 Å². The van der Waals surface area contributed by atoms with Crippen LogP contribution in [0.1, 0.15) is 6.92 Å². The Hall–Kier alpha value is -0.510. The molecule has 1 heterocycles. The van der Waals surface area contributed by atoms with Gasteiger partial charge >= 0.3 is 0 Å². The second-order valence-electron chi connectivity index (χ2n) is 2.47. The number of amides is 2. The van der Waals surface area contributed by atoms with Crippen molar-refractivity contribution in [1.82, 2.24) is 4.90 Å². The molecule has 2 atom stereocenters. The van der Waals surface area contributed by atoms with E-state index in [1.54, 1.807) is 6.92 Å². The first-order valence-electron chi connectivity index (χ1n) is 3.05. The highest BCUT2D eigenvalue weighted by atomic mass is 32.1. The number of rotatable bonds is 0. The Morgan fingerprint density at radius 2 is 1.90 bits per heavy atom. The predicted molar refractivity (Wildman–Crippen MR) is 39.7 cm³/mol. The molecule has 0 aromatic carbocycles. The van der Waals surface area contributed by atoms with Crippen LogP contribution in [0.25, 0.3) is 0 Å². The lowest BCUT2D eigenvalue weighted by molar-refractivity contribution is -0.137. The van der Waals surface area contributed by atoms with E-state index in [1.165, 1.54) is 7.05 Å². The van der Waals surface area contributed by atoms with Crippen molar-refractivity contribution in [2.75, 3.05) is 7.05 Å². The van der Waals surface area contributed by atoms with Crippen LogP contribution in [-0.2, 0) is 9.59 Å². The summed E-state index contributed by atoms with van der Waals surface area (Å²) in [7, 11) is 1.48. The maximum absolute atomic E-state index is 11.0. The highest BCUT2D eigenvalue weighted by molar-refractivity contribution is 7.81. The molecule has 1 rings (SSSR count). The van der Waals surface area contributed by atoms with Crippen LogP contribution in [0.3, 0.4) is 0 Å². The zero-order valence-electron chi connectivity index (χ0n) is 5.87. The number of hydrogen-bond donors (Lipinski definition) is 1. The second kappa shape index (κ2) is 2.27. The van der Waals surface area contributed by atoms with Crippen LogP contribution in [0.5, 0.6) is 0 Å². The Labute approximate surface area is 64.8 Å². The lowest BCUT2D eigenvalue weighted by atomic mass is 10.1. The molecule has 4 heteroatoms. The Balaban J connectivity index is 2.89. The number of thiol groups is 1. The lowest BCUT2D eigenvalue weighted by Gasteiger charge is -2.03. The average molecular weight is 159 g/mol. The first-order valence-corrected chi connectivity index (χ1v) is 3.57. The molecule has 0 spiro atoms. The molecule has 10 heavy (non-hydrogen) atoms. The summed E-state index contributed by atoms with van der Waals surface area (Å²) in [5.41, 5.74) is 0. The molecule has 0 saturated carbocycles. The summed E-state index contributed by atoms with van der Waals surface area (Å²) in [6, 6.07) is 0. The van der Waals surface area contributed by atoms with Gasteiger partial charge in [-0.05, 0) is 0 Å². The van der Waals surface area contributed by atoms with E-state index < -0.39 is 5.25 Å². The Kier molecular flexibility index (Phi) is 1.72. The third-order valence-electron chi connectivity index (χ3n) is 1.78. The molecular weight excluding hydrogens is 150 g/mol. The van der Waals surface area contributed by atoms with Crippen LogP contribution in [-0.4, -0.2) is 29.0 Å². The van der Waals surface area contributed by atoms with Crippen molar-refractivity contribution in [2.45, 2.75) is 12.2 Å². The highest BCUT2D eigenvalue weighted by Crippen LogP contribution is 2.22. The summed E-state index contributed by atoms with van der Waals surface area (Å²) in [4.78, 5) is 23.1. The minimum absolute atomic E-state index is 0.134. The third-order valence-corrected chi connectivity index (χ3v) is 2.45. The molecule has 0 N–H and O–H groups in total. The highest BCUT2D eigenvalue weighted by Gasteiger charge is 2.40. The topological polar surface area (TPSA) is 37.4 Å². The standard InChI is InChI=1S/C6H9NO2S/c1-3-4(10)6(9)7(2)5(3)8/h3-4,10H,1-2H3. The van der Waals surface area contributed by atoms with Gasteiger partial charge in [-0.3, -0.25) is 14.5 Å². The molecule has 56 valence electrons. The van der Waals surface area contributed by atoms with Gasteiger partial charge in [0, 0.05) is 7.05 Å². The largest absolute Gasteiger partial charge is 0.285 e. The molecular formula is C6H9NO2S. The molecule has 0 aliphatic carbocycles. The van der Waals surface area contributed by atoms with E-state index in [0.717, 1.165) is 4.90 Å². The summed E-state index contributed by atoms with van der Waals surface area (Å²) in [6.45, 7) is 1.71. The molecule has 1 fully saturated rings. The van der Waals surface area contributed by atoms with Crippen molar-refractivity contribution in [1.29, 1.82) is 0 Å². The fourth-order valence-corrected chi connectivity index (χ4v) is 1.26. The maximum Gasteiger partial charge on any atom is 0.242 e. The summed E-state index contributed by atoms with van der Waals surface area (Å²) >= 11 is 3.99. The van der Waals surface area contributed by atoms with Gasteiger partial charge in [0.05, 0.1) is 11.2 Å². The van der Waals surface area contributed by atoms with Gasteiger partial charge < -0.3 is 0 Å². The molecule has 0 aromatic heterocycles. The number of carbonyl (C=O) groups is 2. The number of imide groups is 1. The summed E-state index contributed by atoms with van der Waals surface area (Å²) in [5.74, 6) is -0.591. The molecule has 0 radical (unpaired) electrons. The first-order chi connectivity index (χ1) is 4.55. The van der Waals surface area contributed by atoms with Gasteiger partial charge in [-0.25, -0.2) is 0 Å². The Bertz CT molecular complexity index is 172. The lowest BCUT2D eigenvalue weighted by Crippen LogP contribution is -2.26. The van der Waals surface area contributed by atoms with Crippen LogP contribution in [0.2, 0.25) is 0 Å². The molecule has 3 nitrogen and oxygen atoms in total. The Morgan fingerprint density at radius 3 is 2.00 bits per heavy atom. The van der Waals surface area contributed by atoms with Crippen molar-refractivity contribution in [2.24, 2.45) is 5.92 Å². The Morgan fingerprint density at radius 1 is 1.40 bits per heavy atom. The van der Waals surface area contributed by atoms with Crippen LogP contribution in [0, 0.1) is 5.92 Å². The van der Waals surface area contributed by atoms with Crippen molar-refractivity contribution >= 4 is 24.4 Å². The van der Waals surface area contributed by atoms with Gasteiger partial charge in [0.25, 0.3) is 0 Å². The van der Waals surface area contributed by atoms with E-state index >= 15 is 0 Å². The van der Waals surface area contributed by atoms with E-state index in [-0.39, 0.29) is 17.7 Å². The molecule has 1 saturated heterocycles. The molecule has 2 unspecified atom stereocenters. The van der Waals surface area contributed by atoms with Crippen LogP contribution in [0.15, 0.2) is 0 Å². The first kappa shape index (κ1) is 7.60. The quantitative estimate of drug-likeness (QED) is 0.396. The minimum atomic E-state index is -0.433. The molecule has 0 bridgehead atoms. The molecule has 2 amide bonds. The zero-order valence-corrected chi connectivity index (χ0v) is 6.76. The van der Waals surface area contributed by atoms with E-state index in [1.807, 2.05) is 0 Å². The van der Waals surface area contributed by atoms with Crippen molar-refractivity contribution < 1.29 is 9.59 Å². The van der Waals surface area contributed by atoms with Gasteiger partial charge in [0.2, 0.25) is 11.8 Å². The zero-order chi connectivity index (χ0) is 7.89.